The van der Waals surface area contributed by atoms with Crippen molar-refractivity contribution in [2.45, 2.75) is 5.92 Å². The topological polar surface area (TPSA) is 166 Å². The molecule has 0 heterocycles. The number of nitrogens with zero attached hydrogens (tertiary/aromatic N) is 3. The molecule has 12 nitrogen and oxygen atoms in total. The van der Waals surface area contributed by atoms with Gasteiger partial charge in [-0.05, 0) is 34.9 Å². The minimum absolute atomic E-state index is 0.178. The average Bonchev–Trinajstić information content (AvgIpc) is 2.97. The third-order valence-electron chi connectivity index (χ3n) is 5.79. The van der Waals surface area contributed by atoms with Crippen LogP contribution in [0, 0.1) is 20.2 Å². The van der Waals surface area contributed by atoms with Crippen LogP contribution in [0.4, 0.5) is 11.4 Å². The van der Waals surface area contributed by atoms with Crippen LogP contribution >= 0.6 is 0 Å². The molecule has 4 rings (SSSR count). The zero-order chi connectivity index (χ0) is 29.2. The lowest BCUT2D eigenvalue weighted by Gasteiger charge is -2.17. The van der Waals surface area contributed by atoms with Gasteiger partial charge >= 0.3 is 5.69 Å². The number of hydrogen-bond donors (Lipinski definition) is 2. The minimum Gasteiger partial charge on any atom is -0.450 e. The van der Waals surface area contributed by atoms with Gasteiger partial charge < -0.3 is 10.1 Å². The molecule has 0 radical (unpaired) electrons. The highest BCUT2D eigenvalue weighted by atomic mass is 16.6. The molecule has 0 bridgehead atoms. The Morgan fingerprint density at radius 2 is 1.49 bits per heavy atom. The van der Waals surface area contributed by atoms with Gasteiger partial charge in [-0.15, -0.1) is 0 Å². The Bertz CT molecular complexity index is 1550. The van der Waals surface area contributed by atoms with Crippen molar-refractivity contribution < 1.29 is 24.2 Å². The summed E-state index contributed by atoms with van der Waals surface area (Å²) in [5.74, 6) is -1.46. The van der Waals surface area contributed by atoms with Crippen molar-refractivity contribution in [2.24, 2.45) is 5.10 Å². The number of nitro groups is 2. The van der Waals surface area contributed by atoms with Crippen LogP contribution in [-0.2, 0) is 9.59 Å². The quantitative estimate of drug-likeness (QED) is 0.154. The first kappa shape index (κ1) is 28.1. The fraction of sp³-hybridized carbons (Fsp3) is 0.0690. The molecule has 2 N–H and O–H groups in total. The smallest absolute Gasteiger partial charge is 0.318 e. The highest BCUT2D eigenvalue weighted by Crippen LogP contribution is 2.34. The molecular weight excluding hydrogens is 530 g/mol. The molecule has 0 atom stereocenters. The fourth-order valence-corrected chi connectivity index (χ4v) is 3.91. The summed E-state index contributed by atoms with van der Waals surface area (Å²) < 4.78 is 5.57. The summed E-state index contributed by atoms with van der Waals surface area (Å²) >= 11 is 0. The van der Waals surface area contributed by atoms with Crippen molar-refractivity contribution >= 4 is 29.4 Å². The Morgan fingerprint density at radius 3 is 2.10 bits per heavy atom. The number of benzene rings is 4. The maximum Gasteiger partial charge on any atom is 0.318 e. The summed E-state index contributed by atoms with van der Waals surface area (Å²) in [5.41, 5.74) is 3.40. The fourth-order valence-electron chi connectivity index (χ4n) is 3.91. The predicted octanol–water partition coefficient (Wildman–Crippen LogP) is 4.69. The van der Waals surface area contributed by atoms with Gasteiger partial charge in [0.25, 0.3) is 11.6 Å². The van der Waals surface area contributed by atoms with Crippen LogP contribution in [0.1, 0.15) is 22.6 Å². The summed E-state index contributed by atoms with van der Waals surface area (Å²) in [5, 5.41) is 28.8. The van der Waals surface area contributed by atoms with E-state index in [1.165, 1.54) is 18.3 Å². The van der Waals surface area contributed by atoms with Gasteiger partial charge in [0.15, 0.2) is 0 Å². The average molecular weight is 554 g/mol. The molecule has 0 aliphatic heterocycles. The summed E-state index contributed by atoms with van der Waals surface area (Å²) in [6.45, 7) is -0.306. The van der Waals surface area contributed by atoms with Crippen LogP contribution in [0.15, 0.2) is 108 Å². The monoisotopic (exact) mass is 553 g/mol. The number of rotatable bonds is 11. The first-order chi connectivity index (χ1) is 19.8. The maximum absolute atomic E-state index is 13.0. The van der Waals surface area contributed by atoms with E-state index in [4.69, 9.17) is 4.74 Å². The molecule has 0 saturated heterocycles. The van der Waals surface area contributed by atoms with Crippen molar-refractivity contribution in [3.8, 4) is 11.5 Å². The lowest BCUT2D eigenvalue weighted by molar-refractivity contribution is -0.394. The Morgan fingerprint density at radius 1 is 0.829 bits per heavy atom. The van der Waals surface area contributed by atoms with Gasteiger partial charge in [-0.3, -0.25) is 29.8 Å². The van der Waals surface area contributed by atoms with Gasteiger partial charge in [-0.25, -0.2) is 5.43 Å². The van der Waals surface area contributed by atoms with E-state index >= 15 is 0 Å². The predicted molar refractivity (Wildman–Crippen MR) is 150 cm³/mol. The summed E-state index contributed by atoms with van der Waals surface area (Å²) in [4.78, 5) is 46.1. The van der Waals surface area contributed by atoms with E-state index in [2.05, 4.69) is 15.8 Å². The van der Waals surface area contributed by atoms with Crippen LogP contribution < -0.4 is 15.5 Å². The standard InChI is InChI=1S/C29H23N5O7/c35-27(19-30-29(36)28(21-9-3-1-4-10-21)22-11-5-2-6-12-22)32-31-18-20-8-7-13-24(16-20)41-26-15-14-23(33(37)38)17-25(26)34(39)40/h1-18,28H,19H2,(H,30,36)(H,32,35)/b31-18-. The lowest BCUT2D eigenvalue weighted by Crippen LogP contribution is -2.37. The number of nitrogens with one attached hydrogen (secondary N) is 2. The number of ether oxygens (including phenoxy) is 1. The van der Waals surface area contributed by atoms with E-state index in [0.717, 1.165) is 29.3 Å². The third kappa shape index (κ3) is 7.57. The number of non-ortho nitro benzene ring substituents is 1. The lowest BCUT2D eigenvalue weighted by atomic mass is 9.90. The van der Waals surface area contributed by atoms with Gasteiger partial charge in [-0.1, -0.05) is 72.8 Å². The molecule has 41 heavy (non-hydrogen) atoms. The van der Waals surface area contributed by atoms with Crippen LogP contribution in [0.5, 0.6) is 11.5 Å². The third-order valence-corrected chi connectivity index (χ3v) is 5.79. The second-order valence-corrected chi connectivity index (χ2v) is 8.61. The van der Waals surface area contributed by atoms with E-state index in [9.17, 15) is 29.8 Å². The van der Waals surface area contributed by atoms with Crippen LogP contribution in [0.2, 0.25) is 0 Å². The summed E-state index contributed by atoms with van der Waals surface area (Å²) in [7, 11) is 0. The zero-order valence-electron chi connectivity index (χ0n) is 21.4. The number of hydrazone groups is 1. The Balaban J connectivity index is 1.36. The molecule has 4 aromatic rings. The Kier molecular flexibility index (Phi) is 9.08. The van der Waals surface area contributed by atoms with E-state index in [-0.39, 0.29) is 24.0 Å². The number of nitro benzene ring substituents is 2. The van der Waals surface area contributed by atoms with Crippen molar-refractivity contribution in [1.29, 1.82) is 0 Å². The van der Waals surface area contributed by atoms with E-state index in [1.54, 1.807) is 12.1 Å². The first-order valence-corrected chi connectivity index (χ1v) is 12.2. The van der Waals surface area contributed by atoms with Crippen LogP contribution in [0.3, 0.4) is 0 Å². The molecule has 206 valence electrons. The molecule has 0 spiro atoms. The van der Waals surface area contributed by atoms with Gasteiger partial charge in [0.1, 0.15) is 5.75 Å². The molecule has 0 unspecified atom stereocenters. The van der Waals surface area contributed by atoms with Crippen LogP contribution in [-0.4, -0.2) is 34.4 Å². The van der Waals surface area contributed by atoms with Gasteiger partial charge in [0.05, 0.1) is 34.6 Å². The molecular formula is C29H23N5O7. The van der Waals surface area contributed by atoms with E-state index in [0.29, 0.717) is 5.56 Å². The molecule has 0 saturated carbocycles. The second-order valence-electron chi connectivity index (χ2n) is 8.61. The molecule has 0 fully saturated rings. The molecule has 0 aliphatic carbocycles. The van der Waals surface area contributed by atoms with E-state index < -0.39 is 33.0 Å². The summed E-state index contributed by atoms with van der Waals surface area (Å²) in [6.07, 6.45) is 1.33. The van der Waals surface area contributed by atoms with Crippen molar-refractivity contribution in [2.75, 3.05) is 6.54 Å². The highest BCUT2D eigenvalue weighted by Gasteiger charge is 2.23. The number of hydrogen-bond acceptors (Lipinski definition) is 8. The van der Waals surface area contributed by atoms with Gasteiger partial charge in [0.2, 0.25) is 11.7 Å². The summed E-state index contributed by atoms with van der Waals surface area (Å²) in [6, 6.07) is 27.8. The SMILES string of the molecule is O=C(CNC(=O)C(c1ccccc1)c1ccccc1)N/N=C\c1cccc(Oc2ccc([N+](=O)[O-])cc2[N+](=O)[O-])c1. The van der Waals surface area contributed by atoms with Crippen LogP contribution in [0.25, 0.3) is 0 Å². The minimum atomic E-state index is -0.774. The maximum atomic E-state index is 13.0. The number of carbonyl (C=O) groups is 2. The first-order valence-electron chi connectivity index (χ1n) is 12.2. The molecule has 4 aromatic carbocycles. The van der Waals surface area contributed by atoms with Crippen molar-refractivity contribution in [1.82, 2.24) is 10.7 Å². The Hall–Kier alpha value is -5.91. The van der Waals surface area contributed by atoms with Crippen molar-refractivity contribution in [3.63, 3.8) is 0 Å². The molecule has 0 aliphatic rings. The normalized spacial score (nSPS) is 10.8. The zero-order valence-corrected chi connectivity index (χ0v) is 21.4. The van der Waals surface area contributed by atoms with Crippen molar-refractivity contribution in [3.05, 3.63) is 140 Å². The molecule has 0 aromatic heterocycles. The largest absolute Gasteiger partial charge is 0.450 e. The second kappa shape index (κ2) is 13.2. The Labute approximate surface area is 233 Å². The van der Waals surface area contributed by atoms with Gasteiger partial charge in [0, 0.05) is 6.07 Å². The molecule has 2 amide bonds. The highest BCUT2D eigenvalue weighted by molar-refractivity contribution is 5.91. The molecule has 12 heteroatoms. The van der Waals surface area contributed by atoms with E-state index in [1.807, 2.05) is 60.7 Å². The number of carbonyl (C=O) groups excluding carboxylic acids is 2. The number of amides is 2. The van der Waals surface area contributed by atoms with Gasteiger partial charge in [-0.2, -0.15) is 5.10 Å².